The Hall–Kier alpha value is -2.18. The van der Waals surface area contributed by atoms with Gasteiger partial charge in [-0.15, -0.1) is 0 Å². The first-order chi connectivity index (χ1) is 9.56. The van der Waals surface area contributed by atoms with Crippen molar-refractivity contribution in [1.82, 2.24) is 29.9 Å². The summed E-state index contributed by atoms with van der Waals surface area (Å²) in [4.78, 5) is 15.9. The summed E-state index contributed by atoms with van der Waals surface area (Å²) in [6.45, 7) is 7.54. The topological polar surface area (TPSA) is 77.6 Å². The van der Waals surface area contributed by atoms with Crippen molar-refractivity contribution >= 4 is 5.91 Å². The molecule has 20 heavy (non-hydrogen) atoms. The van der Waals surface area contributed by atoms with E-state index >= 15 is 0 Å². The van der Waals surface area contributed by atoms with Crippen LogP contribution in [0.25, 0.3) is 0 Å². The van der Waals surface area contributed by atoms with E-state index in [0.717, 1.165) is 17.3 Å². The Morgan fingerprint density at radius 3 is 2.65 bits per heavy atom. The molecule has 2 rings (SSSR count). The highest BCUT2D eigenvalue weighted by Crippen LogP contribution is 1.98. The molecule has 2 aromatic heterocycles. The molecule has 2 heterocycles. The van der Waals surface area contributed by atoms with Gasteiger partial charge in [0, 0.05) is 24.9 Å². The van der Waals surface area contributed by atoms with E-state index in [1.54, 1.807) is 10.9 Å². The SMILES string of the molecule is Cc1nc(C)n(CCC(=O)NCCn2nccc2C)n1. The maximum absolute atomic E-state index is 11.7. The molecule has 0 aliphatic rings. The second-order valence-corrected chi connectivity index (χ2v) is 4.73. The Kier molecular flexibility index (Phi) is 4.49. The van der Waals surface area contributed by atoms with Crippen LogP contribution in [-0.4, -0.2) is 37.0 Å². The van der Waals surface area contributed by atoms with Crippen molar-refractivity contribution in [2.75, 3.05) is 6.54 Å². The standard InChI is InChI=1S/C13H20N6O/c1-10-4-6-15-18(10)9-7-14-13(20)5-8-19-12(3)16-11(2)17-19/h4,6H,5,7-9H2,1-3H3,(H,14,20). The van der Waals surface area contributed by atoms with Crippen molar-refractivity contribution in [2.45, 2.75) is 40.3 Å². The van der Waals surface area contributed by atoms with E-state index in [2.05, 4.69) is 20.5 Å². The Bertz CT molecular complexity index is 585. The second-order valence-electron chi connectivity index (χ2n) is 4.73. The average Bonchev–Trinajstić information content (AvgIpc) is 2.93. The molecule has 0 fully saturated rings. The molecular weight excluding hydrogens is 256 g/mol. The number of carbonyl (C=O) groups excluding carboxylic acids is 1. The van der Waals surface area contributed by atoms with E-state index < -0.39 is 0 Å². The largest absolute Gasteiger partial charge is 0.354 e. The minimum atomic E-state index is 0.0161. The van der Waals surface area contributed by atoms with Crippen LogP contribution in [0.3, 0.4) is 0 Å². The van der Waals surface area contributed by atoms with E-state index in [0.29, 0.717) is 26.1 Å². The first-order valence-corrected chi connectivity index (χ1v) is 6.69. The minimum Gasteiger partial charge on any atom is -0.354 e. The van der Waals surface area contributed by atoms with Gasteiger partial charge >= 0.3 is 0 Å². The van der Waals surface area contributed by atoms with Crippen LogP contribution >= 0.6 is 0 Å². The highest BCUT2D eigenvalue weighted by atomic mass is 16.1. The molecule has 0 bridgehead atoms. The zero-order chi connectivity index (χ0) is 14.5. The fourth-order valence-corrected chi connectivity index (χ4v) is 2.00. The first kappa shape index (κ1) is 14.2. The molecule has 2 aromatic rings. The molecule has 0 saturated heterocycles. The zero-order valence-electron chi connectivity index (χ0n) is 12.1. The molecule has 0 aliphatic carbocycles. The lowest BCUT2D eigenvalue weighted by atomic mass is 10.4. The number of nitrogens with one attached hydrogen (secondary N) is 1. The van der Waals surface area contributed by atoms with Gasteiger partial charge in [-0.3, -0.25) is 9.48 Å². The number of rotatable bonds is 6. The quantitative estimate of drug-likeness (QED) is 0.838. The maximum atomic E-state index is 11.7. The van der Waals surface area contributed by atoms with Crippen LogP contribution in [-0.2, 0) is 17.9 Å². The van der Waals surface area contributed by atoms with Gasteiger partial charge in [-0.25, -0.2) is 9.67 Å². The maximum Gasteiger partial charge on any atom is 0.221 e. The van der Waals surface area contributed by atoms with Gasteiger partial charge in [0.15, 0.2) is 0 Å². The lowest BCUT2D eigenvalue weighted by Gasteiger charge is -2.07. The number of aromatic nitrogens is 5. The summed E-state index contributed by atoms with van der Waals surface area (Å²) in [6.07, 6.45) is 2.16. The Labute approximate surface area is 118 Å². The zero-order valence-corrected chi connectivity index (χ0v) is 12.1. The van der Waals surface area contributed by atoms with Gasteiger partial charge in [0.2, 0.25) is 5.91 Å². The summed E-state index contributed by atoms with van der Waals surface area (Å²) < 4.78 is 3.62. The molecule has 0 atom stereocenters. The lowest BCUT2D eigenvalue weighted by molar-refractivity contribution is -0.121. The summed E-state index contributed by atoms with van der Waals surface area (Å²) in [7, 11) is 0. The van der Waals surface area contributed by atoms with Crippen molar-refractivity contribution in [2.24, 2.45) is 0 Å². The summed E-state index contributed by atoms with van der Waals surface area (Å²) in [5.74, 6) is 1.59. The molecule has 7 nitrogen and oxygen atoms in total. The summed E-state index contributed by atoms with van der Waals surface area (Å²) in [5.41, 5.74) is 1.09. The second kappa shape index (κ2) is 6.31. The van der Waals surface area contributed by atoms with E-state index in [4.69, 9.17) is 0 Å². The van der Waals surface area contributed by atoms with Crippen molar-refractivity contribution < 1.29 is 4.79 Å². The molecular formula is C13H20N6O. The molecule has 108 valence electrons. The molecule has 0 radical (unpaired) electrons. The number of carbonyl (C=O) groups is 1. The normalized spacial score (nSPS) is 10.8. The van der Waals surface area contributed by atoms with Gasteiger partial charge in [-0.05, 0) is 26.8 Å². The fourth-order valence-electron chi connectivity index (χ4n) is 2.00. The number of aryl methyl sites for hydroxylation is 4. The van der Waals surface area contributed by atoms with E-state index in [-0.39, 0.29) is 5.91 Å². The van der Waals surface area contributed by atoms with Crippen LogP contribution in [0.15, 0.2) is 12.3 Å². The third-order valence-corrected chi connectivity index (χ3v) is 3.09. The third kappa shape index (κ3) is 3.66. The lowest BCUT2D eigenvalue weighted by Crippen LogP contribution is -2.28. The monoisotopic (exact) mass is 276 g/mol. The van der Waals surface area contributed by atoms with Gasteiger partial charge < -0.3 is 5.32 Å². The van der Waals surface area contributed by atoms with Crippen molar-refractivity contribution in [3.8, 4) is 0 Å². The van der Waals surface area contributed by atoms with Crippen LogP contribution < -0.4 is 5.32 Å². The summed E-state index contributed by atoms with van der Waals surface area (Å²) in [6, 6.07) is 1.94. The highest BCUT2D eigenvalue weighted by Gasteiger charge is 2.06. The number of hydrogen-bond donors (Lipinski definition) is 1. The minimum absolute atomic E-state index is 0.0161. The number of nitrogens with zero attached hydrogens (tertiary/aromatic N) is 5. The first-order valence-electron chi connectivity index (χ1n) is 6.69. The number of hydrogen-bond acceptors (Lipinski definition) is 4. The van der Waals surface area contributed by atoms with Crippen LogP contribution in [0.2, 0.25) is 0 Å². The molecule has 0 saturated carbocycles. The van der Waals surface area contributed by atoms with Crippen molar-refractivity contribution in [3.63, 3.8) is 0 Å². The Morgan fingerprint density at radius 1 is 1.25 bits per heavy atom. The van der Waals surface area contributed by atoms with Gasteiger partial charge in [0.05, 0.1) is 13.1 Å². The van der Waals surface area contributed by atoms with Crippen LogP contribution in [0.4, 0.5) is 0 Å². The molecule has 0 aromatic carbocycles. The van der Waals surface area contributed by atoms with Crippen LogP contribution in [0.1, 0.15) is 23.8 Å². The van der Waals surface area contributed by atoms with E-state index in [1.165, 1.54) is 0 Å². The number of amides is 1. The Balaban J connectivity index is 1.71. The van der Waals surface area contributed by atoms with Crippen LogP contribution in [0.5, 0.6) is 0 Å². The molecule has 0 unspecified atom stereocenters. The summed E-state index contributed by atoms with van der Waals surface area (Å²) in [5, 5.41) is 11.3. The van der Waals surface area contributed by atoms with Crippen LogP contribution in [0, 0.1) is 20.8 Å². The van der Waals surface area contributed by atoms with Crippen molar-refractivity contribution in [3.05, 3.63) is 29.6 Å². The molecule has 1 N–H and O–H groups in total. The van der Waals surface area contributed by atoms with E-state index in [9.17, 15) is 4.79 Å². The van der Waals surface area contributed by atoms with Gasteiger partial charge in [-0.1, -0.05) is 0 Å². The van der Waals surface area contributed by atoms with Crippen molar-refractivity contribution in [1.29, 1.82) is 0 Å². The predicted molar refractivity (Wildman–Crippen MR) is 74.1 cm³/mol. The van der Waals surface area contributed by atoms with Gasteiger partial charge in [0.25, 0.3) is 0 Å². The highest BCUT2D eigenvalue weighted by molar-refractivity contribution is 5.75. The van der Waals surface area contributed by atoms with Gasteiger partial charge in [0.1, 0.15) is 11.6 Å². The van der Waals surface area contributed by atoms with E-state index in [1.807, 2.05) is 31.5 Å². The summed E-state index contributed by atoms with van der Waals surface area (Å²) >= 11 is 0. The Morgan fingerprint density at radius 2 is 2.05 bits per heavy atom. The van der Waals surface area contributed by atoms with Gasteiger partial charge in [-0.2, -0.15) is 10.2 Å². The smallest absolute Gasteiger partial charge is 0.221 e. The third-order valence-electron chi connectivity index (χ3n) is 3.09. The molecule has 0 aliphatic heterocycles. The molecule has 0 spiro atoms. The fraction of sp³-hybridized carbons (Fsp3) is 0.538. The molecule has 7 heteroatoms. The molecule has 1 amide bonds. The average molecular weight is 276 g/mol. The predicted octanol–water partition coefficient (Wildman–Crippen LogP) is 0.606.